The number of nitro groups is 1. The van der Waals surface area contributed by atoms with Crippen molar-refractivity contribution in [2.75, 3.05) is 19.6 Å². The minimum atomic E-state index is -1.27. The predicted octanol–water partition coefficient (Wildman–Crippen LogP) is 3.93. The number of benzene rings is 2. The summed E-state index contributed by atoms with van der Waals surface area (Å²) in [4.78, 5) is 28.1. The summed E-state index contributed by atoms with van der Waals surface area (Å²) in [5.74, 6) is -0.0228. The van der Waals surface area contributed by atoms with Gasteiger partial charge in [0.1, 0.15) is 5.71 Å². The van der Waals surface area contributed by atoms with Crippen LogP contribution in [0, 0.1) is 10.1 Å². The van der Waals surface area contributed by atoms with Crippen LogP contribution < -0.4 is 14.9 Å². The number of aliphatic carboxylic acids is 1. The topological polar surface area (TPSA) is 136 Å². The molecule has 1 aliphatic carbocycles. The Bertz CT molecular complexity index is 1270. The lowest BCUT2D eigenvalue weighted by Crippen LogP contribution is -2.18. The molecule has 0 saturated carbocycles. The molecule has 2 aromatic carbocycles. The van der Waals surface area contributed by atoms with Crippen molar-refractivity contribution in [2.45, 2.75) is 19.3 Å². The number of fused-ring (bicyclic) bond motifs is 3. The van der Waals surface area contributed by atoms with E-state index in [9.17, 15) is 20.0 Å². The summed E-state index contributed by atoms with van der Waals surface area (Å²) in [7, 11) is 3.16. The first kappa shape index (κ1) is 22.2. The molecule has 170 valence electrons. The van der Waals surface area contributed by atoms with Gasteiger partial charge in [-0.3, -0.25) is 15.5 Å². The maximum absolute atomic E-state index is 11.7. The number of ether oxygens (including phenoxy) is 2. The van der Waals surface area contributed by atoms with Gasteiger partial charge in [-0.2, -0.15) is 5.10 Å². The minimum absolute atomic E-state index is 0.155. The molecular formula is C22H20N4O6S. The van der Waals surface area contributed by atoms with E-state index in [1.54, 1.807) is 20.3 Å². The second-order valence-electron chi connectivity index (χ2n) is 7.19. The molecule has 0 saturated heterocycles. The summed E-state index contributed by atoms with van der Waals surface area (Å²) in [5, 5.41) is 25.2. The van der Waals surface area contributed by atoms with Gasteiger partial charge >= 0.3 is 5.97 Å². The van der Waals surface area contributed by atoms with Crippen LogP contribution in [0.3, 0.4) is 0 Å². The SMILES string of the molecule is COc1cc2c(cc1OC)-c1nc(NN=C(Cc3ccccc3[N+](=O)[O-])C(=O)O)sc1CC2. The monoisotopic (exact) mass is 468 g/mol. The van der Waals surface area contributed by atoms with E-state index in [4.69, 9.17) is 9.47 Å². The predicted molar refractivity (Wildman–Crippen MR) is 124 cm³/mol. The number of hydrogen-bond acceptors (Lipinski definition) is 9. The molecule has 0 atom stereocenters. The first-order valence-corrected chi connectivity index (χ1v) is 10.8. The largest absolute Gasteiger partial charge is 0.493 e. The number of hydrazone groups is 1. The summed E-state index contributed by atoms with van der Waals surface area (Å²) in [6.07, 6.45) is 1.39. The van der Waals surface area contributed by atoms with E-state index in [0.29, 0.717) is 16.6 Å². The number of nitro benzene ring substituents is 1. The van der Waals surface area contributed by atoms with Crippen molar-refractivity contribution in [3.8, 4) is 22.8 Å². The Morgan fingerprint density at radius 1 is 1.24 bits per heavy atom. The molecule has 0 bridgehead atoms. The van der Waals surface area contributed by atoms with Crippen LogP contribution in [0.15, 0.2) is 41.5 Å². The van der Waals surface area contributed by atoms with Crippen molar-refractivity contribution in [2.24, 2.45) is 5.10 Å². The lowest BCUT2D eigenvalue weighted by molar-refractivity contribution is -0.385. The third-order valence-corrected chi connectivity index (χ3v) is 6.28. The average Bonchev–Trinajstić information content (AvgIpc) is 3.24. The Morgan fingerprint density at radius 3 is 2.67 bits per heavy atom. The fraction of sp³-hybridized carbons (Fsp3) is 0.227. The van der Waals surface area contributed by atoms with Crippen molar-refractivity contribution in [1.29, 1.82) is 0 Å². The fourth-order valence-electron chi connectivity index (χ4n) is 3.67. The lowest BCUT2D eigenvalue weighted by Gasteiger charge is -2.18. The molecule has 0 unspecified atom stereocenters. The molecule has 2 N–H and O–H groups in total. The van der Waals surface area contributed by atoms with Crippen molar-refractivity contribution >= 4 is 33.8 Å². The summed E-state index contributed by atoms with van der Waals surface area (Å²) < 4.78 is 10.8. The van der Waals surface area contributed by atoms with E-state index < -0.39 is 10.9 Å². The third-order valence-electron chi connectivity index (χ3n) is 5.26. The van der Waals surface area contributed by atoms with E-state index in [1.165, 1.54) is 29.5 Å². The summed E-state index contributed by atoms with van der Waals surface area (Å²) >= 11 is 1.39. The van der Waals surface area contributed by atoms with Gasteiger partial charge in [-0.05, 0) is 30.5 Å². The molecule has 0 radical (unpaired) electrons. The Balaban J connectivity index is 1.61. The molecule has 0 fully saturated rings. The van der Waals surface area contributed by atoms with E-state index in [1.807, 2.05) is 12.1 Å². The molecule has 11 heteroatoms. The number of nitrogens with zero attached hydrogens (tertiary/aromatic N) is 3. The number of carboxylic acid groups (broad SMARTS) is 1. The van der Waals surface area contributed by atoms with Crippen molar-refractivity contribution in [1.82, 2.24) is 4.98 Å². The molecule has 33 heavy (non-hydrogen) atoms. The van der Waals surface area contributed by atoms with Crippen LogP contribution in [0.1, 0.15) is 16.0 Å². The van der Waals surface area contributed by atoms with Crippen LogP contribution in [0.5, 0.6) is 11.5 Å². The van der Waals surface area contributed by atoms with Gasteiger partial charge in [0.05, 0.1) is 24.8 Å². The highest BCUT2D eigenvalue weighted by Crippen LogP contribution is 2.42. The highest BCUT2D eigenvalue weighted by atomic mass is 32.1. The van der Waals surface area contributed by atoms with Crippen molar-refractivity contribution in [3.05, 3.63) is 62.5 Å². The van der Waals surface area contributed by atoms with Crippen LogP contribution in [-0.2, 0) is 24.1 Å². The molecule has 1 aromatic heterocycles. The van der Waals surface area contributed by atoms with Gasteiger partial charge in [0.15, 0.2) is 11.5 Å². The lowest BCUT2D eigenvalue weighted by atomic mass is 9.93. The van der Waals surface area contributed by atoms with Crippen LogP contribution >= 0.6 is 11.3 Å². The number of hydrogen-bond donors (Lipinski definition) is 2. The standard InChI is InChI=1S/C22H20N4O6S/c1-31-17-10-12-7-8-19-20(14(12)11-18(17)32-2)23-22(33-19)25-24-15(21(27)28)9-13-5-3-4-6-16(13)26(29)30/h3-6,10-11H,7-9H2,1-2H3,(H,23,25)(H,27,28). The summed E-state index contributed by atoms with van der Waals surface area (Å²) in [6.45, 7) is 0. The number of nitrogens with one attached hydrogen (secondary N) is 1. The summed E-state index contributed by atoms with van der Waals surface area (Å²) in [5.41, 5.74) is 5.38. The first-order chi connectivity index (χ1) is 15.9. The van der Waals surface area contributed by atoms with Gasteiger partial charge in [-0.1, -0.05) is 29.5 Å². The number of carbonyl (C=O) groups is 1. The zero-order valence-corrected chi connectivity index (χ0v) is 18.6. The summed E-state index contributed by atoms with van der Waals surface area (Å²) in [6, 6.07) is 9.81. The second-order valence-corrected chi connectivity index (χ2v) is 8.28. The number of rotatable bonds is 8. The van der Waals surface area contributed by atoms with Gasteiger partial charge in [-0.15, -0.1) is 0 Å². The molecule has 0 spiro atoms. The minimum Gasteiger partial charge on any atom is -0.493 e. The van der Waals surface area contributed by atoms with Gasteiger partial charge in [-0.25, -0.2) is 9.78 Å². The van der Waals surface area contributed by atoms with E-state index in [0.717, 1.165) is 34.5 Å². The first-order valence-electron chi connectivity index (χ1n) is 9.94. The molecule has 3 aromatic rings. The van der Waals surface area contributed by atoms with Crippen LogP contribution in [0.4, 0.5) is 10.8 Å². The number of aromatic nitrogens is 1. The molecule has 1 heterocycles. The number of anilines is 1. The Labute approximate surface area is 192 Å². The number of carboxylic acids is 1. The number of para-hydroxylation sites is 1. The average molecular weight is 468 g/mol. The van der Waals surface area contributed by atoms with E-state index >= 15 is 0 Å². The maximum Gasteiger partial charge on any atom is 0.352 e. The van der Waals surface area contributed by atoms with Gasteiger partial charge in [0.2, 0.25) is 5.13 Å². The number of aryl methyl sites for hydroxylation is 2. The van der Waals surface area contributed by atoms with Crippen molar-refractivity contribution in [3.63, 3.8) is 0 Å². The normalized spacial score (nSPS) is 12.5. The van der Waals surface area contributed by atoms with Crippen molar-refractivity contribution < 1.29 is 24.3 Å². The van der Waals surface area contributed by atoms with Gasteiger partial charge < -0.3 is 14.6 Å². The molecule has 10 nitrogen and oxygen atoms in total. The van der Waals surface area contributed by atoms with E-state index in [-0.39, 0.29) is 23.4 Å². The molecule has 1 aliphatic rings. The zero-order valence-electron chi connectivity index (χ0n) is 17.8. The highest BCUT2D eigenvalue weighted by molar-refractivity contribution is 7.16. The number of methoxy groups -OCH3 is 2. The quantitative estimate of drug-likeness (QED) is 0.288. The van der Waals surface area contributed by atoms with Crippen LogP contribution in [0.2, 0.25) is 0 Å². The Morgan fingerprint density at radius 2 is 1.97 bits per heavy atom. The highest BCUT2D eigenvalue weighted by Gasteiger charge is 2.24. The number of thiazole rings is 1. The zero-order chi connectivity index (χ0) is 23.5. The third kappa shape index (κ3) is 4.48. The fourth-order valence-corrected chi connectivity index (χ4v) is 4.59. The van der Waals surface area contributed by atoms with Gasteiger partial charge in [0.25, 0.3) is 5.69 Å². The Hall–Kier alpha value is -3.99. The van der Waals surface area contributed by atoms with Crippen LogP contribution in [-0.4, -0.2) is 40.9 Å². The van der Waals surface area contributed by atoms with E-state index in [2.05, 4.69) is 15.5 Å². The molecule has 0 aliphatic heterocycles. The van der Waals surface area contributed by atoms with Crippen LogP contribution in [0.25, 0.3) is 11.3 Å². The molecule has 4 rings (SSSR count). The molecular weight excluding hydrogens is 448 g/mol. The molecule has 0 amide bonds. The Kier molecular flexibility index (Phi) is 6.22. The van der Waals surface area contributed by atoms with Gasteiger partial charge in [0, 0.05) is 28.5 Å². The second kappa shape index (κ2) is 9.25. The maximum atomic E-state index is 11.7. The smallest absolute Gasteiger partial charge is 0.352 e.